The molecule has 0 aliphatic rings. The van der Waals surface area contributed by atoms with E-state index in [0.29, 0.717) is 5.92 Å². The lowest BCUT2D eigenvalue weighted by atomic mass is 10.1. The second kappa shape index (κ2) is 4.62. The maximum atomic E-state index is 5.91. The third-order valence-corrected chi connectivity index (χ3v) is 4.75. The Kier molecular flexibility index (Phi) is 3.07. The molecule has 19 heavy (non-hydrogen) atoms. The molecule has 0 saturated heterocycles. The number of hydrogen-bond acceptors (Lipinski definition) is 3. The summed E-state index contributed by atoms with van der Waals surface area (Å²) in [7, 11) is 0. The Morgan fingerprint density at radius 3 is 2.79 bits per heavy atom. The zero-order valence-corrected chi connectivity index (χ0v) is 12.4. The Morgan fingerprint density at radius 1 is 1.32 bits per heavy atom. The molecule has 100 valence electrons. The highest BCUT2D eigenvalue weighted by Crippen LogP contribution is 2.35. The van der Waals surface area contributed by atoms with Gasteiger partial charge in [0.05, 0.1) is 18.3 Å². The SMILES string of the molecule is CC(C)c1cc2c(ccc3cnn(C[C@H](C)N)c32)s1. The smallest absolute Gasteiger partial charge is 0.0769 e. The zero-order valence-electron chi connectivity index (χ0n) is 11.6. The highest BCUT2D eigenvalue weighted by atomic mass is 32.1. The van der Waals surface area contributed by atoms with Crippen LogP contribution in [0.2, 0.25) is 0 Å². The Morgan fingerprint density at radius 2 is 2.11 bits per heavy atom. The van der Waals surface area contributed by atoms with Gasteiger partial charge in [0.15, 0.2) is 0 Å². The summed E-state index contributed by atoms with van der Waals surface area (Å²) in [5, 5.41) is 6.99. The first-order chi connectivity index (χ1) is 9.06. The van der Waals surface area contributed by atoms with Crippen LogP contribution < -0.4 is 5.73 Å². The first-order valence-electron chi connectivity index (χ1n) is 6.70. The van der Waals surface area contributed by atoms with E-state index in [4.69, 9.17) is 5.73 Å². The van der Waals surface area contributed by atoms with Gasteiger partial charge in [0.2, 0.25) is 0 Å². The molecule has 2 aromatic heterocycles. The van der Waals surface area contributed by atoms with Crippen molar-refractivity contribution in [2.24, 2.45) is 5.73 Å². The Bertz CT molecular complexity index is 721. The first-order valence-corrected chi connectivity index (χ1v) is 7.51. The van der Waals surface area contributed by atoms with Gasteiger partial charge in [-0.3, -0.25) is 4.68 Å². The molecule has 0 fully saturated rings. The van der Waals surface area contributed by atoms with Crippen LogP contribution in [0.15, 0.2) is 24.4 Å². The van der Waals surface area contributed by atoms with Gasteiger partial charge in [-0.1, -0.05) is 13.8 Å². The van der Waals surface area contributed by atoms with E-state index in [2.05, 4.69) is 37.1 Å². The van der Waals surface area contributed by atoms with Crippen molar-refractivity contribution in [2.75, 3.05) is 0 Å². The normalized spacial score (nSPS) is 13.7. The molecule has 0 radical (unpaired) electrons. The monoisotopic (exact) mass is 273 g/mol. The lowest BCUT2D eigenvalue weighted by molar-refractivity contribution is 0.554. The quantitative estimate of drug-likeness (QED) is 0.790. The number of benzene rings is 1. The van der Waals surface area contributed by atoms with Crippen LogP contribution >= 0.6 is 11.3 Å². The number of fused-ring (bicyclic) bond motifs is 3. The second-order valence-corrected chi connectivity index (χ2v) is 6.64. The van der Waals surface area contributed by atoms with E-state index < -0.39 is 0 Å². The third kappa shape index (κ3) is 2.15. The lowest BCUT2D eigenvalue weighted by Crippen LogP contribution is -2.22. The van der Waals surface area contributed by atoms with E-state index in [1.165, 1.54) is 25.9 Å². The van der Waals surface area contributed by atoms with Crippen molar-refractivity contribution in [2.45, 2.75) is 39.3 Å². The van der Waals surface area contributed by atoms with E-state index >= 15 is 0 Å². The van der Waals surface area contributed by atoms with Crippen molar-refractivity contribution < 1.29 is 0 Å². The average Bonchev–Trinajstić information content (AvgIpc) is 2.91. The molecule has 0 saturated carbocycles. The number of aromatic nitrogens is 2. The van der Waals surface area contributed by atoms with Gasteiger partial charge in [0, 0.05) is 26.4 Å². The predicted octanol–water partition coefficient (Wildman–Crippen LogP) is 3.72. The van der Waals surface area contributed by atoms with Gasteiger partial charge in [-0.15, -0.1) is 11.3 Å². The largest absolute Gasteiger partial charge is 0.326 e. The summed E-state index contributed by atoms with van der Waals surface area (Å²) >= 11 is 1.88. The van der Waals surface area contributed by atoms with Gasteiger partial charge in [-0.05, 0) is 31.0 Å². The molecule has 0 bridgehead atoms. The number of thiophene rings is 1. The van der Waals surface area contributed by atoms with Crippen molar-refractivity contribution in [1.29, 1.82) is 0 Å². The second-order valence-electron chi connectivity index (χ2n) is 5.52. The van der Waals surface area contributed by atoms with Crippen LogP contribution in [0.4, 0.5) is 0 Å². The number of nitrogens with two attached hydrogens (primary N) is 1. The summed E-state index contributed by atoms with van der Waals surface area (Å²) in [6.07, 6.45) is 1.93. The fourth-order valence-electron chi connectivity index (χ4n) is 2.41. The van der Waals surface area contributed by atoms with Gasteiger partial charge in [0.1, 0.15) is 0 Å². The molecule has 0 amide bonds. The molecule has 0 unspecified atom stereocenters. The number of rotatable bonds is 3. The van der Waals surface area contributed by atoms with E-state index in [9.17, 15) is 0 Å². The van der Waals surface area contributed by atoms with Crippen LogP contribution in [0.5, 0.6) is 0 Å². The molecule has 1 aromatic carbocycles. The van der Waals surface area contributed by atoms with Crippen molar-refractivity contribution in [3.05, 3.63) is 29.3 Å². The minimum absolute atomic E-state index is 0.113. The van der Waals surface area contributed by atoms with Gasteiger partial charge in [-0.25, -0.2) is 0 Å². The Labute approximate surface area is 117 Å². The van der Waals surface area contributed by atoms with Crippen LogP contribution in [0.25, 0.3) is 21.0 Å². The summed E-state index contributed by atoms with van der Waals surface area (Å²) in [5.74, 6) is 0.567. The summed E-state index contributed by atoms with van der Waals surface area (Å²) in [6, 6.07) is 6.78. The van der Waals surface area contributed by atoms with Crippen LogP contribution in [-0.2, 0) is 6.54 Å². The lowest BCUT2D eigenvalue weighted by Gasteiger charge is -2.07. The zero-order chi connectivity index (χ0) is 13.6. The fraction of sp³-hybridized carbons (Fsp3) is 0.400. The molecular formula is C15H19N3S. The molecule has 2 heterocycles. The van der Waals surface area contributed by atoms with Crippen molar-refractivity contribution in [3.8, 4) is 0 Å². The molecule has 3 aromatic rings. The summed E-state index contributed by atoms with van der Waals surface area (Å²) in [4.78, 5) is 1.43. The standard InChI is InChI=1S/C15H19N3S/c1-9(2)14-6-12-13(19-14)5-4-11-7-17-18(15(11)12)8-10(3)16/h4-7,9-10H,8,16H2,1-3H3/t10-/m0/s1. The molecule has 3 rings (SSSR count). The topological polar surface area (TPSA) is 43.8 Å². The number of nitrogens with zero attached hydrogens (tertiary/aromatic N) is 2. The predicted molar refractivity (Wildman–Crippen MR) is 82.9 cm³/mol. The molecule has 4 heteroatoms. The highest BCUT2D eigenvalue weighted by Gasteiger charge is 2.12. The van der Waals surface area contributed by atoms with Crippen LogP contribution in [0.3, 0.4) is 0 Å². The summed E-state index contributed by atoms with van der Waals surface area (Å²) < 4.78 is 3.38. The Hall–Kier alpha value is -1.39. The highest BCUT2D eigenvalue weighted by molar-refractivity contribution is 7.19. The Balaban J connectivity index is 2.27. The van der Waals surface area contributed by atoms with Gasteiger partial charge in [0.25, 0.3) is 0 Å². The third-order valence-electron chi connectivity index (χ3n) is 3.35. The minimum Gasteiger partial charge on any atom is -0.326 e. The van der Waals surface area contributed by atoms with Crippen LogP contribution in [0.1, 0.15) is 31.6 Å². The molecule has 0 aliphatic carbocycles. The maximum Gasteiger partial charge on any atom is 0.0769 e. The molecule has 3 nitrogen and oxygen atoms in total. The minimum atomic E-state index is 0.113. The first kappa shape index (κ1) is 12.6. The van der Waals surface area contributed by atoms with Gasteiger partial charge >= 0.3 is 0 Å². The number of hydrogen-bond donors (Lipinski definition) is 1. The van der Waals surface area contributed by atoms with Crippen molar-refractivity contribution >= 4 is 32.3 Å². The van der Waals surface area contributed by atoms with E-state index in [1.807, 2.05) is 29.1 Å². The van der Waals surface area contributed by atoms with E-state index in [-0.39, 0.29) is 6.04 Å². The van der Waals surface area contributed by atoms with Crippen molar-refractivity contribution in [1.82, 2.24) is 9.78 Å². The van der Waals surface area contributed by atoms with E-state index in [1.54, 1.807) is 0 Å². The molecule has 2 N–H and O–H groups in total. The molecular weight excluding hydrogens is 254 g/mol. The van der Waals surface area contributed by atoms with Gasteiger partial charge < -0.3 is 5.73 Å². The van der Waals surface area contributed by atoms with E-state index in [0.717, 1.165) is 6.54 Å². The summed E-state index contributed by atoms with van der Waals surface area (Å²) in [5.41, 5.74) is 7.13. The van der Waals surface area contributed by atoms with Crippen LogP contribution in [-0.4, -0.2) is 15.8 Å². The maximum absolute atomic E-state index is 5.91. The van der Waals surface area contributed by atoms with Crippen LogP contribution in [0, 0.1) is 0 Å². The summed E-state index contributed by atoms with van der Waals surface area (Å²) in [6.45, 7) is 7.25. The van der Waals surface area contributed by atoms with Crippen molar-refractivity contribution in [3.63, 3.8) is 0 Å². The molecule has 1 atom stereocenters. The molecule has 0 aliphatic heterocycles. The average molecular weight is 273 g/mol. The molecule has 0 spiro atoms. The fourth-order valence-corrected chi connectivity index (χ4v) is 3.48. The van der Waals surface area contributed by atoms with Gasteiger partial charge in [-0.2, -0.15) is 5.10 Å².